The molecule has 0 amide bonds. The molecule has 0 bridgehead atoms. The van der Waals surface area contributed by atoms with E-state index in [9.17, 15) is 13.6 Å². The van der Waals surface area contributed by atoms with Crippen molar-refractivity contribution in [3.05, 3.63) is 48.7 Å². The standard InChI is InChI=1S/C28H36N10O5S.H2O.H2/c1-36-21(17-32-28(36)35-39)18-38(44(2,40)41)20-14-23-24(31-16-20)15-25(37-10-12-42-13-11-37)34-26(23)43-22-6-4-19(5-7-22)33-27-29-8-3-9-30-27;;/h3,8-9,14-17,19,22,39H,4-7,10-13,18H2,1-2H3,(H,32,35)(H,29,30,33);1H2;1H. The first kappa shape index (κ1) is 32.1. The monoisotopic (exact) mass is 644 g/mol. The lowest BCUT2D eigenvalue weighted by molar-refractivity contribution is 0.122. The minimum atomic E-state index is -3.73. The van der Waals surface area contributed by atoms with Crippen molar-refractivity contribution in [3.63, 3.8) is 0 Å². The highest BCUT2D eigenvalue weighted by Gasteiger charge is 2.27. The van der Waals surface area contributed by atoms with Crippen LogP contribution in [0.2, 0.25) is 0 Å². The van der Waals surface area contributed by atoms with Crippen LogP contribution in [0.1, 0.15) is 32.8 Å². The Morgan fingerprint density at radius 3 is 2.49 bits per heavy atom. The molecule has 1 saturated heterocycles. The maximum Gasteiger partial charge on any atom is 0.232 e. The van der Waals surface area contributed by atoms with Crippen LogP contribution in [-0.2, 0) is 28.4 Å². The molecule has 2 fully saturated rings. The van der Waals surface area contributed by atoms with Gasteiger partial charge in [-0.25, -0.2) is 28.8 Å². The fraction of sp³-hybridized carbons (Fsp3) is 0.464. The predicted molar refractivity (Wildman–Crippen MR) is 170 cm³/mol. The number of nitrogens with zero attached hydrogens (tertiary/aromatic N) is 8. The number of hydrogen-bond acceptors (Lipinski definition) is 13. The number of pyridine rings is 2. The van der Waals surface area contributed by atoms with Crippen molar-refractivity contribution in [2.75, 3.05) is 52.6 Å². The molecule has 0 radical (unpaired) electrons. The third kappa shape index (κ3) is 7.33. The van der Waals surface area contributed by atoms with E-state index in [1.807, 2.05) is 11.5 Å². The Bertz CT molecular complexity index is 1700. The van der Waals surface area contributed by atoms with E-state index in [2.05, 4.69) is 30.2 Å². The van der Waals surface area contributed by atoms with Crippen LogP contribution in [0.3, 0.4) is 0 Å². The molecule has 0 aromatic carbocycles. The van der Waals surface area contributed by atoms with Crippen molar-refractivity contribution >= 4 is 44.3 Å². The van der Waals surface area contributed by atoms with E-state index < -0.39 is 10.0 Å². The topological polar surface area (TPSA) is 204 Å². The minimum Gasteiger partial charge on any atom is -0.474 e. The molecule has 4 aromatic heterocycles. The molecule has 5 heterocycles. The first-order valence-electron chi connectivity index (χ1n) is 14.5. The fourth-order valence-corrected chi connectivity index (χ4v) is 6.38. The Kier molecular flexibility index (Phi) is 9.81. The lowest BCUT2D eigenvalue weighted by Crippen LogP contribution is -2.37. The summed E-state index contributed by atoms with van der Waals surface area (Å²) < 4.78 is 41.0. The Morgan fingerprint density at radius 1 is 1.09 bits per heavy atom. The van der Waals surface area contributed by atoms with Crippen LogP contribution >= 0.6 is 0 Å². The van der Waals surface area contributed by atoms with E-state index in [-0.39, 0.29) is 31.5 Å². The molecule has 0 spiro atoms. The largest absolute Gasteiger partial charge is 0.474 e. The second kappa shape index (κ2) is 13.8. The van der Waals surface area contributed by atoms with Gasteiger partial charge in [-0.15, -0.1) is 0 Å². The van der Waals surface area contributed by atoms with Crippen molar-refractivity contribution in [1.29, 1.82) is 0 Å². The van der Waals surface area contributed by atoms with Gasteiger partial charge >= 0.3 is 0 Å². The molecule has 1 aliphatic carbocycles. The minimum absolute atomic E-state index is 0. The molecule has 5 N–H and O–H groups in total. The molecule has 244 valence electrons. The average Bonchev–Trinajstić information content (AvgIpc) is 3.39. The Balaban J connectivity index is 0.00000240. The molecule has 16 nitrogen and oxygen atoms in total. The first-order chi connectivity index (χ1) is 21.3. The second-order valence-electron chi connectivity index (χ2n) is 11.0. The third-order valence-corrected chi connectivity index (χ3v) is 9.12. The summed E-state index contributed by atoms with van der Waals surface area (Å²) in [5, 5.41) is 13.3. The van der Waals surface area contributed by atoms with Crippen LogP contribution in [0, 0.1) is 0 Å². The molecule has 45 heavy (non-hydrogen) atoms. The number of fused-ring (bicyclic) bond motifs is 1. The molecule has 1 aliphatic heterocycles. The van der Waals surface area contributed by atoms with Gasteiger partial charge in [-0.3, -0.25) is 14.5 Å². The van der Waals surface area contributed by atoms with E-state index in [0.29, 0.717) is 60.4 Å². The zero-order valence-corrected chi connectivity index (χ0v) is 25.9. The zero-order valence-electron chi connectivity index (χ0n) is 25.1. The van der Waals surface area contributed by atoms with Gasteiger partial charge in [-0.05, 0) is 37.8 Å². The van der Waals surface area contributed by atoms with Crippen LogP contribution in [-0.4, -0.2) is 93.3 Å². The normalized spacial score (nSPS) is 18.7. The highest BCUT2D eigenvalue weighted by atomic mass is 32.2. The number of nitrogens with one attached hydrogen (secondary N) is 2. The number of morpholine rings is 1. The maximum atomic E-state index is 13.0. The van der Waals surface area contributed by atoms with Gasteiger partial charge in [-0.2, -0.15) is 4.98 Å². The Labute approximate surface area is 262 Å². The van der Waals surface area contributed by atoms with E-state index >= 15 is 0 Å². The molecule has 0 atom stereocenters. The van der Waals surface area contributed by atoms with Gasteiger partial charge in [0.05, 0.1) is 60.7 Å². The summed E-state index contributed by atoms with van der Waals surface area (Å²) in [6.45, 7) is 2.59. The van der Waals surface area contributed by atoms with Crippen LogP contribution in [0.25, 0.3) is 10.9 Å². The lowest BCUT2D eigenvalue weighted by atomic mass is 9.93. The lowest BCUT2D eigenvalue weighted by Gasteiger charge is -2.31. The summed E-state index contributed by atoms with van der Waals surface area (Å²) in [5.74, 6) is 1.97. The molecule has 0 unspecified atom stereocenters. The molecule has 4 aromatic rings. The van der Waals surface area contributed by atoms with Crippen molar-refractivity contribution in [1.82, 2.24) is 29.5 Å². The Hall–Kier alpha value is -4.32. The number of aromatic nitrogens is 6. The summed E-state index contributed by atoms with van der Waals surface area (Å²) in [7, 11) is -2.05. The SMILES string of the molecule is Cn1c(CN(c2cnc3cc(N4CCOCC4)nc(OC4CCC(Nc5ncccn5)CC4)c3c2)S(C)(=O)=O)cnc1NO.O.[HH]. The molecular formula is C28H40N10O6S. The smallest absolute Gasteiger partial charge is 0.232 e. The number of hydrogen-bond donors (Lipinski definition) is 3. The Morgan fingerprint density at radius 2 is 1.82 bits per heavy atom. The third-order valence-electron chi connectivity index (χ3n) is 7.98. The number of sulfonamides is 1. The van der Waals surface area contributed by atoms with E-state index in [1.54, 1.807) is 42.3 Å². The molecule has 1 saturated carbocycles. The van der Waals surface area contributed by atoms with Crippen molar-refractivity contribution in [3.8, 4) is 5.88 Å². The number of rotatable bonds is 10. The highest BCUT2D eigenvalue weighted by Crippen LogP contribution is 2.34. The van der Waals surface area contributed by atoms with Gasteiger partial charge < -0.3 is 29.7 Å². The van der Waals surface area contributed by atoms with Crippen LogP contribution < -0.4 is 24.7 Å². The van der Waals surface area contributed by atoms with Crippen molar-refractivity contribution in [2.45, 2.75) is 44.4 Å². The van der Waals surface area contributed by atoms with Gasteiger partial charge in [0.15, 0.2) is 0 Å². The number of ether oxygens (including phenoxy) is 2. The first-order valence-corrected chi connectivity index (χ1v) is 16.4. The average molecular weight is 645 g/mol. The number of imidazole rings is 1. The summed E-state index contributed by atoms with van der Waals surface area (Å²) in [6, 6.07) is 5.70. The summed E-state index contributed by atoms with van der Waals surface area (Å²) in [5.41, 5.74) is 3.59. The van der Waals surface area contributed by atoms with Gasteiger partial charge in [0.1, 0.15) is 11.9 Å². The molecule has 6 rings (SSSR count). The molecule has 17 heteroatoms. The molecular weight excluding hydrogens is 604 g/mol. The summed E-state index contributed by atoms with van der Waals surface area (Å²) in [6.07, 6.45) is 10.9. The van der Waals surface area contributed by atoms with Gasteiger partial charge in [-0.1, -0.05) is 0 Å². The summed E-state index contributed by atoms with van der Waals surface area (Å²) in [4.78, 5) is 24.4. The maximum absolute atomic E-state index is 13.0. The predicted octanol–water partition coefficient (Wildman–Crippen LogP) is 1.98. The van der Waals surface area contributed by atoms with E-state index in [4.69, 9.17) is 14.5 Å². The number of anilines is 4. The van der Waals surface area contributed by atoms with Gasteiger partial charge in [0, 0.05) is 46.1 Å². The second-order valence-corrected chi connectivity index (χ2v) is 12.9. The molecule has 2 aliphatic rings. The van der Waals surface area contributed by atoms with Gasteiger partial charge in [0.25, 0.3) is 0 Å². The van der Waals surface area contributed by atoms with Crippen LogP contribution in [0.15, 0.2) is 43.0 Å². The quantitative estimate of drug-likeness (QED) is 0.212. The highest BCUT2D eigenvalue weighted by molar-refractivity contribution is 7.92. The summed E-state index contributed by atoms with van der Waals surface area (Å²) >= 11 is 0. The van der Waals surface area contributed by atoms with Crippen LogP contribution in [0.5, 0.6) is 5.88 Å². The zero-order chi connectivity index (χ0) is 30.7. The van der Waals surface area contributed by atoms with Crippen LogP contribution in [0.4, 0.5) is 23.4 Å². The van der Waals surface area contributed by atoms with Crippen molar-refractivity contribution in [2.24, 2.45) is 7.05 Å². The fourth-order valence-electron chi connectivity index (χ4n) is 5.53. The van der Waals surface area contributed by atoms with E-state index in [1.165, 1.54) is 10.5 Å². The van der Waals surface area contributed by atoms with E-state index in [0.717, 1.165) is 37.8 Å². The van der Waals surface area contributed by atoms with Crippen molar-refractivity contribution < 1.29 is 30.0 Å². The van der Waals surface area contributed by atoms with Gasteiger partial charge in [0.2, 0.25) is 27.8 Å².